The molecule has 32 heavy (non-hydrogen) atoms. The van der Waals surface area contributed by atoms with Crippen molar-refractivity contribution in [2.45, 2.75) is 70.1 Å². The second kappa shape index (κ2) is 9.53. The summed E-state index contributed by atoms with van der Waals surface area (Å²) in [5.41, 5.74) is 2.36. The van der Waals surface area contributed by atoms with Crippen molar-refractivity contribution in [2.75, 3.05) is 12.3 Å². The molecule has 170 valence electrons. The predicted molar refractivity (Wildman–Crippen MR) is 128 cm³/mol. The molecule has 4 rings (SSSR count). The molecule has 2 aromatic heterocycles. The number of carbonyl (C=O) groups excluding carboxylic acids is 1. The lowest BCUT2D eigenvalue weighted by molar-refractivity contribution is -0.131. The molecule has 0 spiro atoms. The highest BCUT2D eigenvalue weighted by Gasteiger charge is 2.24. The van der Waals surface area contributed by atoms with Crippen LogP contribution in [0.1, 0.15) is 58.3 Å². The molecule has 6 nitrogen and oxygen atoms in total. The van der Waals surface area contributed by atoms with Crippen LogP contribution in [0.15, 0.2) is 52.2 Å². The molecule has 1 aromatic carbocycles. The number of likely N-dealkylation sites (tertiary alicyclic amines) is 1. The van der Waals surface area contributed by atoms with Gasteiger partial charge in [-0.25, -0.2) is 0 Å². The lowest BCUT2D eigenvalue weighted by Gasteiger charge is -2.33. The summed E-state index contributed by atoms with van der Waals surface area (Å²) in [4.78, 5) is 14.9. The van der Waals surface area contributed by atoms with E-state index >= 15 is 0 Å². The minimum Gasteiger partial charge on any atom is -0.467 e. The molecule has 3 aromatic rings. The molecule has 3 heterocycles. The van der Waals surface area contributed by atoms with Gasteiger partial charge in [0.05, 0.1) is 18.6 Å². The van der Waals surface area contributed by atoms with Gasteiger partial charge in [-0.2, -0.15) is 0 Å². The first kappa shape index (κ1) is 22.6. The predicted octanol–water partition coefficient (Wildman–Crippen LogP) is 5.38. The fourth-order valence-electron chi connectivity index (χ4n) is 4.11. The first-order chi connectivity index (χ1) is 15.3. The smallest absolute Gasteiger partial charge is 0.233 e. The largest absolute Gasteiger partial charge is 0.467 e. The summed E-state index contributed by atoms with van der Waals surface area (Å²) in [6.07, 6.45) is 5.04. The molecule has 7 heteroatoms. The van der Waals surface area contributed by atoms with Gasteiger partial charge in [-0.3, -0.25) is 9.36 Å². The third kappa shape index (κ3) is 5.09. The zero-order valence-corrected chi connectivity index (χ0v) is 20.2. The van der Waals surface area contributed by atoms with E-state index in [0.29, 0.717) is 18.3 Å². The molecular formula is C25H32N4O2S. The van der Waals surface area contributed by atoms with Crippen molar-refractivity contribution >= 4 is 17.7 Å². The van der Waals surface area contributed by atoms with Crippen LogP contribution in [0.4, 0.5) is 0 Å². The Hall–Kier alpha value is -2.54. The van der Waals surface area contributed by atoms with Gasteiger partial charge >= 0.3 is 0 Å². The molecule has 1 aliphatic heterocycles. The number of hydrogen-bond donors (Lipinski definition) is 0. The molecule has 1 saturated heterocycles. The van der Waals surface area contributed by atoms with Crippen LogP contribution in [-0.4, -0.2) is 43.9 Å². The third-order valence-corrected chi connectivity index (χ3v) is 7.02. The number of furan rings is 1. The van der Waals surface area contributed by atoms with Crippen molar-refractivity contribution in [3.05, 3.63) is 54.0 Å². The van der Waals surface area contributed by atoms with Crippen molar-refractivity contribution in [2.24, 2.45) is 0 Å². The minimum absolute atomic E-state index is 0.0906. The van der Waals surface area contributed by atoms with Gasteiger partial charge < -0.3 is 9.32 Å². The fraction of sp³-hybridized carbons (Fsp3) is 0.480. The van der Waals surface area contributed by atoms with Crippen molar-refractivity contribution in [3.63, 3.8) is 0 Å². The number of carbonyl (C=O) groups is 1. The quantitative estimate of drug-likeness (QED) is 0.470. The first-order valence-electron chi connectivity index (χ1n) is 11.3. The monoisotopic (exact) mass is 452 g/mol. The molecule has 0 saturated carbocycles. The van der Waals surface area contributed by atoms with E-state index in [4.69, 9.17) is 4.42 Å². The van der Waals surface area contributed by atoms with E-state index in [1.165, 1.54) is 23.7 Å². The standard InChI is InChI=1S/C25H32N4O2S/c1-18-8-5-6-14-28(18)22(30)17-32-24-27-26-23(29(24)16-21-9-7-15-31-21)19-10-12-20(13-11-19)25(2,3)4/h7,9-13,15,18H,5-6,8,14,16-17H2,1-4H3. The highest BCUT2D eigenvalue weighted by Crippen LogP contribution is 2.29. The zero-order valence-electron chi connectivity index (χ0n) is 19.4. The Morgan fingerprint density at radius 2 is 1.94 bits per heavy atom. The first-order valence-corrected chi connectivity index (χ1v) is 12.3. The maximum atomic E-state index is 12.8. The SMILES string of the molecule is CC1CCCCN1C(=O)CSc1nnc(-c2ccc(C(C)(C)C)cc2)n1Cc1ccco1. The summed E-state index contributed by atoms with van der Waals surface area (Å²) in [6.45, 7) is 10.1. The number of nitrogens with zero attached hydrogens (tertiary/aromatic N) is 4. The zero-order chi connectivity index (χ0) is 22.7. The molecule has 1 aliphatic rings. The summed E-state index contributed by atoms with van der Waals surface area (Å²) < 4.78 is 7.63. The lowest BCUT2D eigenvalue weighted by Crippen LogP contribution is -2.43. The van der Waals surface area contributed by atoms with Crippen LogP contribution in [0.5, 0.6) is 0 Å². The number of thioether (sulfide) groups is 1. The summed E-state index contributed by atoms with van der Waals surface area (Å²) in [7, 11) is 0. The summed E-state index contributed by atoms with van der Waals surface area (Å²) >= 11 is 1.45. The van der Waals surface area contributed by atoms with E-state index in [9.17, 15) is 4.79 Å². The summed E-state index contributed by atoms with van der Waals surface area (Å²) in [5, 5.41) is 9.66. The van der Waals surface area contributed by atoms with Crippen molar-refractivity contribution in [3.8, 4) is 11.4 Å². The van der Waals surface area contributed by atoms with Crippen LogP contribution in [-0.2, 0) is 16.8 Å². The van der Waals surface area contributed by atoms with Gasteiger partial charge in [-0.1, -0.05) is 56.8 Å². The van der Waals surface area contributed by atoms with Gasteiger partial charge in [0.2, 0.25) is 5.91 Å². The summed E-state index contributed by atoms with van der Waals surface area (Å²) in [6, 6.07) is 12.6. The van der Waals surface area contributed by atoms with E-state index in [0.717, 1.165) is 41.7 Å². The maximum Gasteiger partial charge on any atom is 0.233 e. The van der Waals surface area contributed by atoms with E-state index in [2.05, 4.69) is 62.2 Å². The van der Waals surface area contributed by atoms with E-state index in [-0.39, 0.29) is 11.3 Å². The van der Waals surface area contributed by atoms with Crippen LogP contribution >= 0.6 is 11.8 Å². The van der Waals surface area contributed by atoms with Gasteiger partial charge in [-0.05, 0) is 49.3 Å². The number of rotatable bonds is 6. The van der Waals surface area contributed by atoms with E-state index in [1.54, 1.807) is 6.26 Å². The molecular weight excluding hydrogens is 420 g/mol. The average Bonchev–Trinajstić information content (AvgIpc) is 3.42. The Balaban J connectivity index is 1.57. The Morgan fingerprint density at radius 1 is 1.16 bits per heavy atom. The highest BCUT2D eigenvalue weighted by molar-refractivity contribution is 7.99. The summed E-state index contributed by atoms with van der Waals surface area (Å²) in [5.74, 6) is 2.15. The highest BCUT2D eigenvalue weighted by atomic mass is 32.2. The Morgan fingerprint density at radius 3 is 2.59 bits per heavy atom. The van der Waals surface area contributed by atoms with Crippen LogP contribution < -0.4 is 0 Å². The Bertz CT molecular complexity index is 1040. The molecule has 1 fully saturated rings. The number of amides is 1. The van der Waals surface area contributed by atoms with Crippen molar-refractivity contribution in [1.29, 1.82) is 0 Å². The number of aromatic nitrogens is 3. The van der Waals surface area contributed by atoms with Crippen LogP contribution in [0, 0.1) is 0 Å². The Labute approximate surface area is 194 Å². The van der Waals surface area contributed by atoms with Gasteiger partial charge in [-0.15, -0.1) is 10.2 Å². The molecule has 0 N–H and O–H groups in total. The number of piperidine rings is 1. The fourth-order valence-corrected chi connectivity index (χ4v) is 4.93. The Kier molecular flexibility index (Phi) is 6.74. The molecule has 1 atom stereocenters. The van der Waals surface area contributed by atoms with Gasteiger partial charge in [0.1, 0.15) is 5.76 Å². The molecule has 1 unspecified atom stereocenters. The lowest BCUT2D eigenvalue weighted by atomic mass is 9.87. The van der Waals surface area contributed by atoms with Crippen LogP contribution in [0.25, 0.3) is 11.4 Å². The third-order valence-electron chi connectivity index (χ3n) is 6.07. The van der Waals surface area contributed by atoms with Crippen molar-refractivity contribution < 1.29 is 9.21 Å². The van der Waals surface area contributed by atoms with Crippen LogP contribution in [0.2, 0.25) is 0 Å². The normalized spacial score (nSPS) is 17.0. The maximum absolute atomic E-state index is 12.8. The molecule has 0 aliphatic carbocycles. The number of benzene rings is 1. The van der Waals surface area contributed by atoms with Gasteiger partial charge in [0.25, 0.3) is 0 Å². The molecule has 0 bridgehead atoms. The van der Waals surface area contributed by atoms with E-state index in [1.807, 2.05) is 21.6 Å². The van der Waals surface area contributed by atoms with Crippen molar-refractivity contribution in [1.82, 2.24) is 19.7 Å². The van der Waals surface area contributed by atoms with E-state index < -0.39 is 0 Å². The second-order valence-corrected chi connectivity index (χ2v) is 10.5. The van der Waals surface area contributed by atoms with Gasteiger partial charge in [0.15, 0.2) is 11.0 Å². The average molecular weight is 453 g/mol. The van der Waals surface area contributed by atoms with Crippen LogP contribution in [0.3, 0.4) is 0 Å². The topological polar surface area (TPSA) is 64.2 Å². The molecule has 1 amide bonds. The second-order valence-electron chi connectivity index (χ2n) is 9.52. The number of hydrogen-bond acceptors (Lipinski definition) is 5. The van der Waals surface area contributed by atoms with Gasteiger partial charge in [0, 0.05) is 18.2 Å². The minimum atomic E-state index is 0.0906. The molecule has 0 radical (unpaired) electrons.